The maximum atomic E-state index is 11.2. The van der Waals surface area contributed by atoms with Crippen LogP contribution in [0.25, 0.3) is 0 Å². The Balaban J connectivity index is 2.42. The minimum absolute atomic E-state index is 0.0735. The minimum atomic E-state index is -0.0735. The van der Waals surface area contributed by atoms with Crippen LogP contribution in [0.5, 0.6) is 0 Å². The van der Waals surface area contributed by atoms with Crippen molar-refractivity contribution in [2.75, 3.05) is 0 Å². The number of allylic oxidation sites excluding steroid dienone is 1. The van der Waals surface area contributed by atoms with Gasteiger partial charge in [0.1, 0.15) is 0 Å². The summed E-state index contributed by atoms with van der Waals surface area (Å²) >= 11 is 0. The summed E-state index contributed by atoms with van der Waals surface area (Å²) in [7, 11) is 0. The number of amides is 1. The molecule has 0 fully saturated rings. The SMILES string of the molecule is CC(C)=CC(=O)NCc1ccccn1. The monoisotopic (exact) mass is 190 g/mol. The van der Waals surface area contributed by atoms with Crippen molar-refractivity contribution >= 4 is 5.91 Å². The first-order chi connectivity index (χ1) is 6.68. The smallest absolute Gasteiger partial charge is 0.244 e. The predicted octanol–water partition coefficient (Wildman–Crippen LogP) is 1.66. The summed E-state index contributed by atoms with van der Waals surface area (Å²) in [4.78, 5) is 15.3. The Bertz CT molecular complexity index is 326. The number of pyridine rings is 1. The standard InChI is InChI=1S/C11H14N2O/c1-9(2)7-11(14)13-8-10-5-3-4-6-12-10/h3-7H,8H2,1-2H3,(H,13,14). The highest BCUT2D eigenvalue weighted by atomic mass is 16.1. The summed E-state index contributed by atoms with van der Waals surface area (Å²) in [5.74, 6) is -0.0735. The number of hydrogen-bond donors (Lipinski definition) is 1. The summed E-state index contributed by atoms with van der Waals surface area (Å²) in [5, 5.41) is 2.75. The molecule has 1 heterocycles. The van der Waals surface area contributed by atoms with Crippen molar-refractivity contribution in [2.45, 2.75) is 20.4 Å². The Kier molecular flexibility index (Phi) is 3.85. The molecule has 0 spiro atoms. The molecule has 3 nitrogen and oxygen atoms in total. The van der Waals surface area contributed by atoms with Crippen LogP contribution in [0.2, 0.25) is 0 Å². The van der Waals surface area contributed by atoms with E-state index in [4.69, 9.17) is 0 Å². The van der Waals surface area contributed by atoms with Gasteiger partial charge in [0.2, 0.25) is 5.91 Å². The number of nitrogens with one attached hydrogen (secondary N) is 1. The number of nitrogens with zero attached hydrogens (tertiary/aromatic N) is 1. The molecular formula is C11H14N2O. The first-order valence-corrected chi connectivity index (χ1v) is 4.51. The molecule has 0 aliphatic carbocycles. The van der Waals surface area contributed by atoms with Crippen molar-refractivity contribution in [1.82, 2.24) is 10.3 Å². The van der Waals surface area contributed by atoms with E-state index in [0.29, 0.717) is 6.54 Å². The molecule has 0 aromatic carbocycles. The molecule has 0 aliphatic heterocycles. The van der Waals surface area contributed by atoms with E-state index >= 15 is 0 Å². The number of aromatic nitrogens is 1. The average Bonchev–Trinajstić information content (AvgIpc) is 2.15. The van der Waals surface area contributed by atoms with E-state index in [1.165, 1.54) is 0 Å². The van der Waals surface area contributed by atoms with Gasteiger partial charge in [-0.1, -0.05) is 11.6 Å². The van der Waals surface area contributed by atoms with Crippen LogP contribution < -0.4 is 5.32 Å². The maximum absolute atomic E-state index is 11.2. The van der Waals surface area contributed by atoms with Gasteiger partial charge in [0.05, 0.1) is 12.2 Å². The zero-order valence-electron chi connectivity index (χ0n) is 8.45. The van der Waals surface area contributed by atoms with Crippen LogP contribution in [-0.4, -0.2) is 10.9 Å². The van der Waals surface area contributed by atoms with Crippen LogP contribution in [0, 0.1) is 0 Å². The van der Waals surface area contributed by atoms with Crippen LogP contribution in [0.1, 0.15) is 19.5 Å². The lowest BCUT2D eigenvalue weighted by atomic mass is 10.3. The lowest BCUT2D eigenvalue weighted by molar-refractivity contribution is -0.116. The lowest BCUT2D eigenvalue weighted by Crippen LogP contribution is -2.21. The van der Waals surface area contributed by atoms with Crippen molar-refractivity contribution in [1.29, 1.82) is 0 Å². The molecule has 0 radical (unpaired) electrons. The number of carbonyl (C=O) groups excluding carboxylic acids is 1. The van der Waals surface area contributed by atoms with Crippen LogP contribution in [0.3, 0.4) is 0 Å². The Morgan fingerprint density at radius 3 is 2.86 bits per heavy atom. The third-order valence-electron chi connectivity index (χ3n) is 1.59. The van der Waals surface area contributed by atoms with Gasteiger partial charge in [-0.15, -0.1) is 0 Å². The molecule has 1 rings (SSSR count). The summed E-state index contributed by atoms with van der Waals surface area (Å²) in [6.07, 6.45) is 3.28. The second kappa shape index (κ2) is 5.17. The highest BCUT2D eigenvalue weighted by Crippen LogP contribution is 1.93. The zero-order chi connectivity index (χ0) is 10.4. The predicted molar refractivity (Wildman–Crippen MR) is 55.5 cm³/mol. The second-order valence-corrected chi connectivity index (χ2v) is 3.26. The highest BCUT2D eigenvalue weighted by Gasteiger charge is 1.96. The van der Waals surface area contributed by atoms with Crippen molar-refractivity contribution < 1.29 is 4.79 Å². The minimum Gasteiger partial charge on any atom is -0.347 e. The molecule has 1 N–H and O–H groups in total. The molecule has 0 atom stereocenters. The van der Waals surface area contributed by atoms with Gasteiger partial charge in [0.25, 0.3) is 0 Å². The van der Waals surface area contributed by atoms with E-state index in [1.54, 1.807) is 12.3 Å². The summed E-state index contributed by atoms with van der Waals surface area (Å²) in [6, 6.07) is 5.62. The molecule has 1 aromatic heterocycles. The van der Waals surface area contributed by atoms with Gasteiger partial charge in [0.15, 0.2) is 0 Å². The van der Waals surface area contributed by atoms with Gasteiger partial charge in [-0.05, 0) is 26.0 Å². The molecule has 14 heavy (non-hydrogen) atoms. The van der Waals surface area contributed by atoms with Gasteiger partial charge in [-0.2, -0.15) is 0 Å². The molecule has 0 saturated carbocycles. The van der Waals surface area contributed by atoms with Crippen molar-refractivity contribution in [3.05, 3.63) is 41.7 Å². The molecule has 3 heteroatoms. The fourth-order valence-corrected chi connectivity index (χ4v) is 0.994. The van der Waals surface area contributed by atoms with Crippen molar-refractivity contribution in [2.24, 2.45) is 0 Å². The highest BCUT2D eigenvalue weighted by molar-refractivity contribution is 5.87. The van der Waals surface area contributed by atoms with E-state index < -0.39 is 0 Å². The maximum Gasteiger partial charge on any atom is 0.244 e. The molecule has 0 aliphatic rings. The summed E-state index contributed by atoms with van der Waals surface area (Å²) in [6.45, 7) is 4.25. The lowest BCUT2D eigenvalue weighted by Gasteiger charge is -2.01. The van der Waals surface area contributed by atoms with Gasteiger partial charge in [-0.25, -0.2) is 0 Å². The Labute approximate surface area is 83.9 Å². The molecule has 1 aromatic rings. The van der Waals surface area contributed by atoms with E-state index in [9.17, 15) is 4.79 Å². The second-order valence-electron chi connectivity index (χ2n) is 3.26. The fraction of sp³-hybridized carbons (Fsp3) is 0.273. The van der Waals surface area contributed by atoms with Gasteiger partial charge < -0.3 is 5.32 Å². The largest absolute Gasteiger partial charge is 0.347 e. The van der Waals surface area contributed by atoms with Gasteiger partial charge in [-0.3, -0.25) is 9.78 Å². The van der Waals surface area contributed by atoms with E-state index in [-0.39, 0.29) is 5.91 Å². The fourth-order valence-electron chi connectivity index (χ4n) is 0.994. The van der Waals surface area contributed by atoms with E-state index in [0.717, 1.165) is 11.3 Å². The van der Waals surface area contributed by atoms with E-state index in [2.05, 4.69) is 10.3 Å². The van der Waals surface area contributed by atoms with Crippen LogP contribution >= 0.6 is 0 Å². The average molecular weight is 190 g/mol. The number of carbonyl (C=O) groups is 1. The third-order valence-corrected chi connectivity index (χ3v) is 1.59. The molecule has 0 unspecified atom stereocenters. The number of hydrogen-bond acceptors (Lipinski definition) is 2. The van der Waals surface area contributed by atoms with Crippen molar-refractivity contribution in [3.63, 3.8) is 0 Å². The summed E-state index contributed by atoms with van der Waals surface area (Å²) < 4.78 is 0. The van der Waals surface area contributed by atoms with Crippen LogP contribution in [0.15, 0.2) is 36.0 Å². The number of rotatable bonds is 3. The third kappa shape index (κ3) is 3.85. The Morgan fingerprint density at radius 1 is 1.50 bits per heavy atom. The summed E-state index contributed by atoms with van der Waals surface area (Å²) in [5.41, 5.74) is 1.85. The normalized spacial score (nSPS) is 9.29. The van der Waals surface area contributed by atoms with Crippen LogP contribution in [-0.2, 0) is 11.3 Å². The first-order valence-electron chi connectivity index (χ1n) is 4.51. The molecular weight excluding hydrogens is 176 g/mol. The molecule has 0 saturated heterocycles. The Hall–Kier alpha value is -1.64. The molecule has 74 valence electrons. The molecule has 0 bridgehead atoms. The Morgan fingerprint density at radius 2 is 2.29 bits per heavy atom. The topological polar surface area (TPSA) is 42.0 Å². The molecule has 1 amide bonds. The van der Waals surface area contributed by atoms with Gasteiger partial charge >= 0.3 is 0 Å². The van der Waals surface area contributed by atoms with Crippen LogP contribution in [0.4, 0.5) is 0 Å². The zero-order valence-corrected chi connectivity index (χ0v) is 8.45. The van der Waals surface area contributed by atoms with Gasteiger partial charge in [0, 0.05) is 12.3 Å². The quantitative estimate of drug-likeness (QED) is 0.736. The van der Waals surface area contributed by atoms with Crippen molar-refractivity contribution in [3.8, 4) is 0 Å². The first kappa shape index (κ1) is 10.4. The van der Waals surface area contributed by atoms with E-state index in [1.807, 2.05) is 32.0 Å².